The molecule has 0 aliphatic carbocycles. The standard InChI is InChI=1S/C17H22N2.C7H7NO.C2H6/c1-13(10-17(2,3)19(4)5)16-12-18-11-14-8-6-7-9-15(14)16;1-6-4-8-3-2-7(6)5-9;1-2/h6-9,11-12H,1,10H2,2-5H3;2-5H,1H3;1-2H3. The van der Waals surface area contributed by atoms with Crippen molar-refractivity contribution in [2.45, 2.75) is 46.6 Å². The summed E-state index contributed by atoms with van der Waals surface area (Å²) in [6.45, 7) is 14.6. The predicted molar refractivity (Wildman–Crippen MR) is 129 cm³/mol. The fourth-order valence-corrected chi connectivity index (χ4v) is 2.79. The SMILES string of the molecule is C=C(CC(C)(C)N(C)C)c1cncc2ccccc12.CC.Cc1cnccc1C=O. The minimum absolute atomic E-state index is 0.0913. The highest BCUT2D eigenvalue weighted by Gasteiger charge is 2.22. The van der Waals surface area contributed by atoms with E-state index in [1.165, 1.54) is 10.8 Å². The third-order valence-corrected chi connectivity index (χ3v) is 5.10. The molecule has 0 fully saturated rings. The Morgan fingerprint density at radius 2 is 1.73 bits per heavy atom. The fraction of sp³-hybridized carbons (Fsp3) is 0.346. The molecule has 3 aromatic rings. The van der Waals surface area contributed by atoms with Crippen molar-refractivity contribution in [2.75, 3.05) is 14.1 Å². The molecule has 2 aromatic heterocycles. The maximum Gasteiger partial charge on any atom is 0.150 e. The minimum Gasteiger partial charge on any atom is -0.304 e. The van der Waals surface area contributed by atoms with Crippen LogP contribution >= 0.6 is 0 Å². The quantitative estimate of drug-likeness (QED) is 0.474. The topological polar surface area (TPSA) is 46.1 Å². The molecule has 0 N–H and O–H groups in total. The molecule has 3 rings (SSSR count). The van der Waals surface area contributed by atoms with Crippen molar-refractivity contribution < 1.29 is 4.79 Å². The Hall–Kier alpha value is -2.85. The van der Waals surface area contributed by atoms with Gasteiger partial charge in [0.1, 0.15) is 6.29 Å². The molecule has 0 saturated carbocycles. The van der Waals surface area contributed by atoms with E-state index in [2.05, 4.69) is 67.6 Å². The van der Waals surface area contributed by atoms with Gasteiger partial charge in [-0.2, -0.15) is 0 Å². The Kier molecular flexibility index (Phi) is 10.1. The molecule has 0 unspecified atom stereocenters. The highest BCUT2D eigenvalue weighted by Crippen LogP contribution is 2.30. The maximum atomic E-state index is 10.2. The lowest BCUT2D eigenvalue weighted by atomic mass is 9.89. The molecule has 0 radical (unpaired) electrons. The van der Waals surface area contributed by atoms with Crippen LogP contribution in [0.5, 0.6) is 0 Å². The number of carbonyl (C=O) groups is 1. The molecule has 1 aromatic carbocycles. The van der Waals surface area contributed by atoms with Crippen LogP contribution in [0.3, 0.4) is 0 Å². The van der Waals surface area contributed by atoms with E-state index in [4.69, 9.17) is 0 Å². The van der Waals surface area contributed by atoms with Gasteiger partial charge < -0.3 is 4.90 Å². The van der Waals surface area contributed by atoms with E-state index in [1.807, 2.05) is 39.2 Å². The number of rotatable bonds is 5. The van der Waals surface area contributed by atoms with Gasteiger partial charge in [0, 0.05) is 46.8 Å². The first kappa shape index (κ1) is 25.2. The van der Waals surface area contributed by atoms with Crippen LogP contribution in [-0.4, -0.2) is 40.8 Å². The van der Waals surface area contributed by atoms with Crippen molar-refractivity contribution >= 4 is 22.6 Å². The monoisotopic (exact) mass is 405 g/mol. The second kappa shape index (κ2) is 12.0. The van der Waals surface area contributed by atoms with Crippen LogP contribution in [-0.2, 0) is 0 Å². The number of carbonyl (C=O) groups excluding carboxylic acids is 1. The zero-order valence-corrected chi connectivity index (χ0v) is 19.4. The highest BCUT2D eigenvalue weighted by atomic mass is 16.1. The largest absolute Gasteiger partial charge is 0.304 e. The summed E-state index contributed by atoms with van der Waals surface area (Å²) < 4.78 is 0. The lowest BCUT2D eigenvalue weighted by molar-refractivity contribution is 0.112. The second-order valence-electron chi connectivity index (χ2n) is 7.75. The van der Waals surface area contributed by atoms with Crippen molar-refractivity contribution in [1.29, 1.82) is 0 Å². The normalized spacial score (nSPS) is 10.5. The Balaban J connectivity index is 0.000000342. The molecule has 0 spiro atoms. The van der Waals surface area contributed by atoms with Crippen molar-refractivity contribution in [2.24, 2.45) is 0 Å². The van der Waals surface area contributed by atoms with Gasteiger partial charge in [-0.25, -0.2) is 0 Å². The first-order valence-corrected chi connectivity index (χ1v) is 10.3. The Morgan fingerprint density at radius 3 is 2.30 bits per heavy atom. The Morgan fingerprint density at radius 1 is 1.07 bits per heavy atom. The minimum atomic E-state index is 0.0913. The van der Waals surface area contributed by atoms with E-state index >= 15 is 0 Å². The number of hydrogen-bond acceptors (Lipinski definition) is 4. The second-order valence-corrected chi connectivity index (χ2v) is 7.75. The average molecular weight is 406 g/mol. The van der Waals surface area contributed by atoms with E-state index < -0.39 is 0 Å². The summed E-state index contributed by atoms with van der Waals surface area (Å²) in [6, 6.07) is 10.0. The molecule has 4 heteroatoms. The summed E-state index contributed by atoms with van der Waals surface area (Å²) in [5.74, 6) is 0. The summed E-state index contributed by atoms with van der Waals surface area (Å²) in [5.41, 5.74) is 4.03. The number of benzene rings is 1. The number of fused-ring (bicyclic) bond motifs is 1. The third kappa shape index (κ3) is 6.89. The highest BCUT2D eigenvalue weighted by molar-refractivity contribution is 5.92. The van der Waals surface area contributed by atoms with Gasteiger partial charge in [-0.05, 0) is 63.9 Å². The number of pyridine rings is 2. The van der Waals surface area contributed by atoms with Crippen LogP contribution in [0.15, 0.2) is 61.7 Å². The van der Waals surface area contributed by atoms with Crippen LogP contribution in [0.25, 0.3) is 16.3 Å². The van der Waals surface area contributed by atoms with E-state index in [0.717, 1.165) is 29.4 Å². The average Bonchev–Trinajstić information content (AvgIpc) is 2.75. The molecule has 0 aliphatic rings. The number of aryl methyl sites for hydroxylation is 1. The van der Waals surface area contributed by atoms with Crippen LogP contribution in [0.2, 0.25) is 0 Å². The maximum absolute atomic E-state index is 10.2. The lowest BCUT2D eigenvalue weighted by Crippen LogP contribution is -2.38. The first-order chi connectivity index (χ1) is 14.3. The van der Waals surface area contributed by atoms with Gasteiger partial charge >= 0.3 is 0 Å². The van der Waals surface area contributed by atoms with Crippen molar-refractivity contribution in [3.8, 4) is 0 Å². The zero-order chi connectivity index (χ0) is 22.7. The summed E-state index contributed by atoms with van der Waals surface area (Å²) in [4.78, 5) is 20.6. The Bertz CT molecular complexity index is 956. The third-order valence-electron chi connectivity index (χ3n) is 5.10. The molecule has 2 heterocycles. The van der Waals surface area contributed by atoms with Crippen LogP contribution in [0, 0.1) is 6.92 Å². The number of aldehydes is 1. The van der Waals surface area contributed by atoms with E-state index in [0.29, 0.717) is 5.56 Å². The summed E-state index contributed by atoms with van der Waals surface area (Å²) >= 11 is 0. The van der Waals surface area contributed by atoms with Gasteiger partial charge in [-0.1, -0.05) is 44.7 Å². The van der Waals surface area contributed by atoms with Gasteiger partial charge in [-0.3, -0.25) is 14.8 Å². The number of nitrogens with zero attached hydrogens (tertiary/aromatic N) is 3. The van der Waals surface area contributed by atoms with E-state index in [1.54, 1.807) is 18.5 Å². The molecule has 4 nitrogen and oxygen atoms in total. The van der Waals surface area contributed by atoms with Gasteiger partial charge in [0.05, 0.1) is 0 Å². The first-order valence-electron chi connectivity index (χ1n) is 10.3. The van der Waals surface area contributed by atoms with Gasteiger partial charge in [0.15, 0.2) is 0 Å². The smallest absolute Gasteiger partial charge is 0.150 e. The summed E-state index contributed by atoms with van der Waals surface area (Å²) in [6.07, 6.45) is 8.87. The van der Waals surface area contributed by atoms with Gasteiger partial charge in [0.25, 0.3) is 0 Å². The van der Waals surface area contributed by atoms with Gasteiger partial charge in [0.2, 0.25) is 0 Å². The molecular weight excluding hydrogens is 370 g/mol. The zero-order valence-electron chi connectivity index (χ0n) is 19.4. The summed E-state index contributed by atoms with van der Waals surface area (Å²) in [7, 11) is 4.21. The van der Waals surface area contributed by atoms with Crippen molar-refractivity contribution in [1.82, 2.24) is 14.9 Å². The molecule has 0 amide bonds. The molecule has 30 heavy (non-hydrogen) atoms. The Labute approximate surface area is 181 Å². The van der Waals surface area contributed by atoms with E-state index in [-0.39, 0.29) is 5.54 Å². The molecule has 0 saturated heterocycles. The predicted octanol–water partition coefficient (Wildman–Crippen LogP) is 6.21. The van der Waals surface area contributed by atoms with Crippen molar-refractivity contribution in [3.63, 3.8) is 0 Å². The van der Waals surface area contributed by atoms with Gasteiger partial charge in [-0.15, -0.1) is 0 Å². The van der Waals surface area contributed by atoms with Crippen LogP contribution in [0.1, 0.15) is 55.6 Å². The fourth-order valence-electron chi connectivity index (χ4n) is 2.79. The number of hydrogen-bond donors (Lipinski definition) is 0. The lowest BCUT2D eigenvalue weighted by Gasteiger charge is -2.33. The van der Waals surface area contributed by atoms with Crippen LogP contribution < -0.4 is 0 Å². The molecule has 0 aliphatic heterocycles. The van der Waals surface area contributed by atoms with Crippen molar-refractivity contribution in [3.05, 3.63) is 78.4 Å². The molecule has 160 valence electrons. The van der Waals surface area contributed by atoms with E-state index in [9.17, 15) is 4.79 Å². The molecular formula is C26H35N3O. The molecule has 0 bridgehead atoms. The molecule has 0 atom stereocenters. The number of aromatic nitrogens is 2. The van der Waals surface area contributed by atoms with Crippen LogP contribution in [0.4, 0.5) is 0 Å². The summed E-state index contributed by atoms with van der Waals surface area (Å²) in [5, 5.41) is 2.40.